The smallest absolute Gasteiger partial charge is 0.310 e. The van der Waals surface area contributed by atoms with Crippen molar-refractivity contribution < 1.29 is 14.7 Å². The van der Waals surface area contributed by atoms with Crippen molar-refractivity contribution in [1.82, 2.24) is 4.90 Å². The van der Waals surface area contributed by atoms with Crippen molar-refractivity contribution >= 4 is 11.9 Å². The van der Waals surface area contributed by atoms with Crippen LogP contribution in [0.1, 0.15) is 65.7 Å². The minimum absolute atomic E-state index is 0.0319. The molecule has 0 aliphatic heterocycles. The molecule has 1 unspecified atom stereocenters. The zero-order valence-electron chi connectivity index (χ0n) is 13.3. The molecule has 4 heteroatoms. The summed E-state index contributed by atoms with van der Waals surface area (Å²) in [6, 6.07) is 0.287. The van der Waals surface area contributed by atoms with Gasteiger partial charge >= 0.3 is 5.97 Å². The lowest BCUT2D eigenvalue weighted by Crippen LogP contribution is -2.43. The Hall–Kier alpha value is -1.06. The standard InChI is InChI=1S/C16H29NO3/c1-12(2)16(3,15(19)20)11-14(18)17(4)13-9-7-5-6-8-10-13/h12-13H,5-11H2,1-4H3,(H,19,20). The Morgan fingerprint density at radius 1 is 1.20 bits per heavy atom. The van der Waals surface area contributed by atoms with Crippen LogP contribution in [0.15, 0.2) is 0 Å². The molecule has 1 N–H and O–H groups in total. The maximum atomic E-state index is 12.4. The normalized spacial score (nSPS) is 20.2. The lowest BCUT2D eigenvalue weighted by atomic mass is 9.76. The minimum atomic E-state index is -0.976. The summed E-state index contributed by atoms with van der Waals surface area (Å²) in [6.45, 7) is 5.42. The fraction of sp³-hybridized carbons (Fsp3) is 0.875. The van der Waals surface area contributed by atoms with Gasteiger partial charge in [0.25, 0.3) is 0 Å². The summed E-state index contributed by atoms with van der Waals surface area (Å²) >= 11 is 0. The molecular weight excluding hydrogens is 254 g/mol. The van der Waals surface area contributed by atoms with E-state index in [0.29, 0.717) is 0 Å². The van der Waals surface area contributed by atoms with Gasteiger partial charge in [0.15, 0.2) is 0 Å². The Morgan fingerprint density at radius 2 is 1.70 bits per heavy atom. The van der Waals surface area contributed by atoms with Gasteiger partial charge in [-0.3, -0.25) is 9.59 Å². The van der Waals surface area contributed by atoms with Crippen molar-refractivity contribution in [2.75, 3.05) is 7.05 Å². The van der Waals surface area contributed by atoms with E-state index in [4.69, 9.17) is 0 Å². The molecular formula is C16H29NO3. The monoisotopic (exact) mass is 283 g/mol. The Balaban J connectivity index is 2.70. The molecule has 116 valence electrons. The molecule has 1 rings (SSSR count). The van der Waals surface area contributed by atoms with E-state index in [1.165, 1.54) is 25.7 Å². The van der Waals surface area contributed by atoms with Gasteiger partial charge in [0.1, 0.15) is 0 Å². The van der Waals surface area contributed by atoms with Crippen LogP contribution in [0.4, 0.5) is 0 Å². The highest BCUT2D eigenvalue weighted by molar-refractivity contribution is 5.85. The quantitative estimate of drug-likeness (QED) is 0.788. The first-order valence-electron chi connectivity index (χ1n) is 7.78. The van der Waals surface area contributed by atoms with Gasteiger partial charge in [-0.05, 0) is 25.7 Å². The topological polar surface area (TPSA) is 57.6 Å². The second kappa shape index (κ2) is 7.09. The third-order valence-corrected chi connectivity index (χ3v) is 5.05. The van der Waals surface area contributed by atoms with Gasteiger partial charge in [0.2, 0.25) is 5.91 Å². The first kappa shape index (κ1) is 17.0. The molecule has 0 heterocycles. The predicted octanol–water partition coefficient (Wildman–Crippen LogP) is 3.30. The highest BCUT2D eigenvalue weighted by atomic mass is 16.4. The second-order valence-corrected chi connectivity index (χ2v) is 6.70. The molecule has 1 fully saturated rings. The van der Waals surface area contributed by atoms with Crippen LogP contribution < -0.4 is 0 Å². The summed E-state index contributed by atoms with van der Waals surface area (Å²) in [7, 11) is 1.83. The largest absolute Gasteiger partial charge is 0.481 e. The van der Waals surface area contributed by atoms with Crippen molar-refractivity contribution in [3.05, 3.63) is 0 Å². The number of carbonyl (C=O) groups excluding carboxylic acids is 1. The van der Waals surface area contributed by atoms with Gasteiger partial charge in [-0.15, -0.1) is 0 Å². The zero-order valence-corrected chi connectivity index (χ0v) is 13.3. The maximum Gasteiger partial charge on any atom is 0.310 e. The molecule has 1 saturated carbocycles. The summed E-state index contributed by atoms with van der Waals surface area (Å²) in [5.74, 6) is -0.975. The van der Waals surface area contributed by atoms with E-state index < -0.39 is 11.4 Å². The van der Waals surface area contributed by atoms with Crippen LogP contribution >= 0.6 is 0 Å². The lowest BCUT2D eigenvalue weighted by molar-refractivity contribution is -0.155. The van der Waals surface area contributed by atoms with Crippen LogP contribution in [0.3, 0.4) is 0 Å². The van der Waals surface area contributed by atoms with E-state index in [9.17, 15) is 14.7 Å². The van der Waals surface area contributed by atoms with Gasteiger partial charge in [-0.1, -0.05) is 39.5 Å². The summed E-state index contributed by atoms with van der Waals surface area (Å²) in [5.41, 5.74) is -0.976. The van der Waals surface area contributed by atoms with Crippen molar-refractivity contribution in [2.24, 2.45) is 11.3 Å². The van der Waals surface area contributed by atoms with Gasteiger partial charge in [0.05, 0.1) is 5.41 Å². The summed E-state index contributed by atoms with van der Waals surface area (Å²) < 4.78 is 0. The van der Waals surface area contributed by atoms with E-state index in [1.54, 1.807) is 11.8 Å². The summed E-state index contributed by atoms with van der Waals surface area (Å²) in [6.07, 6.45) is 7.02. The summed E-state index contributed by atoms with van der Waals surface area (Å²) in [5, 5.41) is 9.42. The molecule has 0 radical (unpaired) electrons. The SMILES string of the molecule is CC(C)C(C)(CC(=O)N(C)C1CCCCCC1)C(=O)O. The van der Waals surface area contributed by atoms with Gasteiger partial charge < -0.3 is 10.0 Å². The average Bonchev–Trinajstić information content (AvgIpc) is 2.65. The number of amides is 1. The maximum absolute atomic E-state index is 12.4. The van der Waals surface area contributed by atoms with Crippen LogP contribution in [0.5, 0.6) is 0 Å². The Kier molecular flexibility index (Phi) is 6.03. The van der Waals surface area contributed by atoms with Gasteiger partial charge in [-0.25, -0.2) is 0 Å². The number of aliphatic carboxylic acids is 1. The number of hydrogen-bond acceptors (Lipinski definition) is 2. The van der Waals surface area contributed by atoms with Crippen molar-refractivity contribution in [1.29, 1.82) is 0 Å². The minimum Gasteiger partial charge on any atom is -0.481 e. The number of carbonyl (C=O) groups is 2. The van der Waals surface area contributed by atoms with E-state index in [0.717, 1.165) is 12.8 Å². The fourth-order valence-electron chi connectivity index (χ4n) is 2.81. The fourth-order valence-corrected chi connectivity index (χ4v) is 2.81. The number of carboxylic acids is 1. The average molecular weight is 283 g/mol. The van der Waals surface area contributed by atoms with Gasteiger partial charge in [-0.2, -0.15) is 0 Å². The van der Waals surface area contributed by atoms with Crippen LogP contribution in [0.2, 0.25) is 0 Å². The molecule has 1 amide bonds. The van der Waals surface area contributed by atoms with Crippen LogP contribution in [0, 0.1) is 11.3 Å². The van der Waals surface area contributed by atoms with E-state index in [1.807, 2.05) is 20.9 Å². The zero-order chi connectivity index (χ0) is 15.3. The van der Waals surface area contributed by atoms with Crippen molar-refractivity contribution in [2.45, 2.75) is 71.8 Å². The molecule has 20 heavy (non-hydrogen) atoms. The van der Waals surface area contributed by atoms with Crippen LogP contribution in [0.25, 0.3) is 0 Å². The molecule has 0 aromatic heterocycles. The molecule has 0 bridgehead atoms. The summed E-state index contributed by atoms with van der Waals surface area (Å²) in [4.78, 5) is 25.7. The molecule has 4 nitrogen and oxygen atoms in total. The Bertz CT molecular complexity index is 346. The van der Waals surface area contributed by atoms with E-state index >= 15 is 0 Å². The highest BCUT2D eigenvalue weighted by Crippen LogP contribution is 2.33. The van der Waals surface area contributed by atoms with Crippen LogP contribution in [-0.4, -0.2) is 35.0 Å². The van der Waals surface area contributed by atoms with E-state index in [-0.39, 0.29) is 24.3 Å². The van der Waals surface area contributed by atoms with E-state index in [2.05, 4.69) is 0 Å². The number of hydrogen-bond donors (Lipinski definition) is 1. The van der Waals surface area contributed by atoms with Gasteiger partial charge in [0, 0.05) is 19.5 Å². The molecule has 0 spiro atoms. The van der Waals surface area contributed by atoms with Crippen molar-refractivity contribution in [3.8, 4) is 0 Å². The number of nitrogens with zero attached hydrogens (tertiary/aromatic N) is 1. The highest BCUT2D eigenvalue weighted by Gasteiger charge is 2.40. The molecule has 0 aromatic rings. The molecule has 1 aliphatic carbocycles. The number of carboxylic acid groups (broad SMARTS) is 1. The second-order valence-electron chi connectivity index (χ2n) is 6.70. The molecule has 1 atom stereocenters. The molecule has 1 aliphatic rings. The molecule has 0 saturated heterocycles. The molecule has 0 aromatic carbocycles. The first-order chi connectivity index (χ1) is 9.29. The Labute approximate surface area is 122 Å². The lowest BCUT2D eigenvalue weighted by Gasteiger charge is -2.33. The van der Waals surface area contributed by atoms with Crippen molar-refractivity contribution in [3.63, 3.8) is 0 Å². The van der Waals surface area contributed by atoms with Crippen LogP contribution in [-0.2, 0) is 9.59 Å². The predicted molar refractivity (Wildman–Crippen MR) is 79.5 cm³/mol. The third kappa shape index (κ3) is 3.97. The first-order valence-corrected chi connectivity index (χ1v) is 7.78. The Morgan fingerprint density at radius 3 is 2.10 bits per heavy atom. The third-order valence-electron chi connectivity index (χ3n) is 5.05. The number of rotatable bonds is 5.